The van der Waals surface area contributed by atoms with Crippen molar-refractivity contribution in [2.75, 3.05) is 0 Å². The number of rotatable bonds is 5. The van der Waals surface area contributed by atoms with Gasteiger partial charge >= 0.3 is 0 Å². The van der Waals surface area contributed by atoms with Crippen molar-refractivity contribution in [1.29, 1.82) is 0 Å². The fourth-order valence-corrected chi connectivity index (χ4v) is 1.74. The van der Waals surface area contributed by atoms with Gasteiger partial charge in [0.1, 0.15) is 0 Å². The highest BCUT2D eigenvalue weighted by Gasteiger charge is 2.20. The maximum absolute atomic E-state index is 10.0. The van der Waals surface area contributed by atoms with Gasteiger partial charge in [0.2, 0.25) is 0 Å². The van der Waals surface area contributed by atoms with E-state index in [1.165, 1.54) is 0 Å². The van der Waals surface area contributed by atoms with E-state index >= 15 is 0 Å². The minimum absolute atomic E-state index is 0.587. The molecular formula is C11H20N2O. The first-order valence-corrected chi connectivity index (χ1v) is 5.31. The minimum Gasteiger partial charge on any atom is -0.390 e. The Balaban J connectivity index is 2.58. The van der Waals surface area contributed by atoms with E-state index in [-0.39, 0.29) is 0 Å². The van der Waals surface area contributed by atoms with Crippen LogP contribution in [0.4, 0.5) is 0 Å². The van der Waals surface area contributed by atoms with Gasteiger partial charge in [-0.1, -0.05) is 13.3 Å². The Morgan fingerprint density at radius 3 is 2.71 bits per heavy atom. The average Bonchev–Trinajstić information content (AvgIpc) is 2.51. The summed E-state index contributed by atoms with van der Waals surface area (Å²) in [7, 11) is 0. The van der Waals surface area contributed by atoms with Crippen LogP contribution in [-0.2, 0) is 13.0 Å². The molecule has 0 spiro atoms. The molecule has 0 saturated carbocycles. The molecule has 1 rings (SSSR count). The molecule has 1 atom stereocenters. The first kappa shape index (κ1) is 11.2. The van der Waals surface area contributed by atoms with E-state index in [1.807, 2.05) is 24.0 Å². The van der Waals surface area contributed by atoms with Crippen molar-refractivity contribution >= 4 is 0 Å². The van der Waals surface area contributed by atoms with Gasteiger partial charge in [0, 0.05) is 19.2 Å². The molecule has 0 aromatic carbocycles. The predicted octanol–water partition coefficient (Wildman–Crippen LogP) is 2.00. The first-order valence-electron chi connectivity index (χ1n) is 5.31. The van der Waals surface area contributed by atoms with Crippen LogP contribution in [0.3, 0.4) is 0 Å². The Hall–Kier alpha value is -0.830. The van der Waals surface area contributed by atoms with Gasteiger partial charge < -0.3 is 5.11 Å². The topological polar surface area (TPSA) is 38.1 Å². The van der Waals surface area contributed by atoms with Crippen molar-refractivity contribution in [2.45, 2.75) is 52.2 Å². The standard InChI is InChI=1S/C11H20N2O/c1-4-6-11(3,14)7-10-8-12-13(5-2)9-10/h8-9,14H,4-7H2,1-3H3. The van der Waals surface area contributed by atoms with Crippen LogP contribution in [0.15, 0.2) is 12.4 Å². The molecule has 0 radical (unpaired) electrons. The molecule has 14 heavy (non-hydrogen) atoms. The van der Waals surface area contributed by atoms with E-state index in [0.717, 1.165) is 24.9 Å². The second-order valence-corrected chi connectivity index (χ2v) is 4.13. The lowest BCUT2D eigenvalue weighted by Crippen LogP contribution is -2.26. The highest BCUT2D eigenvalue weighted by Crippen LogP contribution is 2.17. The molecule has 0 aliphatic carbocycles. The van der Waals surface area contributed by atoms with Gasteiger partial charge in [-0.3, -0.25) is 4.68 Å². The normalized spacial score (nSPS) is 15.4. The molecule has 1 aromatic rings. The van der Waals surface area contributed by atoms with Gasteiger partial charge in [-0.15, -0.1) is 0 Å². The van der Waals surface area contributed by atoms with E-state index < -0.39 is 5.60 Å². The summed E-state index contributed by atoms with van der Waals surface area (Å²) in [6, 6.07) is 0. The van der Waals surface area contributed by atoms with Crippen molar-refractivity contribution in [3.8, 4) is 0 Å². The molecule has 1 heterocycles. The van der Waals surface area contributed by atoms with Crippen molar-refractivity contribution in [3.63, 3.8) is 0 Å². The van der Waals surface area contributed by atoms with Gasteiger partial charge in [0.25, 0.3) is 0 Å². The van der Waals surface area contributed by atoms with Crippen LogP contribution in [0.1, 0.15) is 39.2 Å². The van der Waals surface area contributed by atoms with Crippen LogP contribution in [0.25, 0.3) is 0 Å². The lowest BCUT2D eigenvalue weighted by molar-refractivity contribution is 0.0505. The minimum atomic E-state index is -0.587. The molecule has 3 nitrogen and oxygen atoms in total. The molecule has 1 unspecified atom stereocenters. The summed E-state index contributed by atoms with van der Waals surface area (Å²) in [5.74, 6) is 0. The highest BCUT2D eigenvalue weighted by atomic mass is 16.3. The van der Waals surface area contributed by atoms with E-state index in [4.69, 9.17) is 0 Å². The highest BCUT2D eigenvalue weighted by molar-refractivity contribution is 5.07. The Morgan fingerprint density at radius 2 is 2.21 bits per heavy atom. The SMILES string of the molecule is CCCC(C)(O)Cc1cnn(CC)c1. The molecule has 1 aromatic heterocycles. The maximum Gasteiger partial charge on any atom is 0.0661 e. The van der Waals surface area contributed by atoms with Crippen LogP contribution in [0.5, 0.6) is 0 Å². The average molecular weight is 196 g/mol. The number of nitrogens with zero attached hydrogens (tertiary/aromatic N) is 2. The lowest BCUT2D eigenvalue weighted by Gasteiger charge is -2.21. The van der Waals surface area contributed by atoms with Gasteiger partial charge in [0.15, 0.2) is 0 Å². The first-order chi connectivity index (χ1) is 6.57. The summed E-state index contributed by atoms with van der Waals surface area (Å²) in [5, 5.41) is 14.2. The summed E-state index contributed by atoms with van der Waals surface area (Å²) in [6.07, 6.45) is 6.39. The van der Waals surface area contributed by atoms with Crippen molar-refractivity contribution < 1.29 is 5.11 Å². The fraction of sp³-hybridized carbons (Fsp3) is 0.727. The molecule has 0 bridgehead atoms. The summed E-state index contributed by atoms with van der Waals surface area (Å²) in [5.41, 5.74) is 0.529. The number of hydrogen-bond donors (Lipinski definition) is 1. The molecule has 0 amide bonds. The third-order valence-electron chi connectivity index (χ3n) is 2.38. The fourth-order valence-electron chi connectivity index (χ4n) is 1.74. The summed E-state index contributed by atoms with van der Waals surface area (Å²) in [4.78, 5) is 0. The second kappa shape index (κ2) is 4.60. The molecule has 0 aliphatic heterocycles. The van der Waals surface area contributed by atoms with Gasteiger partial charge in [-0.2, -0.15) is 5.10 Å². The van der Waals surface area contributed by atoms with Crippen LogP contribution in [0, 0.1) is 0 Å². The Labute approximate surface area is 85.8 Å². The van der Waals surface area contributed by atoms with E-state index in [9.17, 15) is 5.11 Å². The van der Waals surface area contributed by atoms with Crippen molar-refractivity contribution in [3.05, 3.63) is 18.0 Å². The summed E-state index contributed by atoms with van der Waals surface area (Å²) < 4.78 is 1.89. The van der Waals surface area contributed by atoms with Crippen molar-refractivity contribution in [2.24, 2.45) is 0 Å². The van der Waals surface area contributed by atoms with Gasteiger partial charge in [-0.25, -0.2) is 0 Å². The molecule has 0 saturated heterocycles. The zero-order valence-electron chi connectivity index (χ0n) is 9.32. The molecule has 80 valence electrons. The quantitative estimate of drug-likeness (QED) is 0.782. The monoisotopic (exact) mass is 196 g/mol. The van der Waals surface area contributed by atoms with E-state index in [0.29, 0.717) is 6.42 Å². The van der Waals surface area contributed by atoms with Crippen LogP contribution in [-0.4, -0.2) is 20.5 Å². The molecule has 3 heteroatoms. The van der Waals surface area contributed by atoms with E-state index in [1.54, 1.807) is 0 Å². The van der Waals surface area contributed by atoms with Crippen molar-refractivity contribution in [1.82, 2.24) is 9.78 Å². The number of aryl methyl sites for hydroxylation is 1. The molecule has 1 N–H and O–H groups in total. The predicted molar refractivity (Wildman–Crippen MR) is 57.1 cm³/mol. The van der Waals surface area contributed by atoms with Crippen LogP contribution in [0.2, 0.25) is 0 Å². The Morgan fingerprint density at radius 1 is 1.50 bits per heavy atom. The number of aromatic nitrogens is 2. The molecule has 0 fully saturated rings. The van der Waals surface area contributed by atoms with Gasteiger partial charge in [-0.05, 0) is 25.8 Å². The maximum atomic E-state index is 10.0. The third-order valence-corrected chi connectivity index (χ3v) is 2.38. The van der Waals surface area contributed by atoms with Crippen LogP contribution < -0.4 is 0 Å². The largest absolute Gasteiger partial charge is 0.390 e. The Bertz CT molecular complexity index is 279. The lowest BCUT2D eigenvalue weighted by atomic mass is 9.94. The molecule has 0 aliphatic rings. The second-order valence-electron chi connectivity index (χ2n) is 4.13. The Kier molecular flexibility index (Phi) is 3.69. The molecular weight excluding hydrogens is 176 g/mol. The zero-order chi connectivity index (χ0) is 10.6. The zero-order valence-corrected chi connectivity index (χ0v) is 9.32. The third kappa shape index (κ3) is 3.14. The van der Waals surface area contributed by atoms with Gasteiger partial charge in [0.05, 0.1) is 11.8 Å². The van der Waals surface area contributed by atoms with Crippen LogP contribution >= 0.6 is 0 Å². The van der Waals surface area contributed by atoms with E-state index in [2.05, 4.69) is 18.9 Å². The number of aliphatic hydroxyl groups is 1. The number of hydrogen-bond acceptors (Lipinski definition) is 2. The summed E-state index contributed by atoms with van der Waals surface area (Å²) >= 11 is 0. The smallest absolute Gasteiger partial charge is 0.0661 e. The summed E-state index contributed by atoms with van der Waals surface area (Å²) in [6.45, 7) is 6.92.